The average Bonchev–Trinajstić information content (AvgIpc) is 2.34. The van der Waals surface area contributed by atoms with Gasteiger partial charge < -0.3 is 25.2 Å². The normalized spacial score (nSPS) is 38.3. The minimum atomic E-state index is -1.24. The van der Waals surface area contributed by atoms with E-state index >= 15 is 0 Å². The molecule has 1 heterocycles. The van der Waals surface area contributed by atoms with Gasteiger partial charge in [0.1, 0.15) is 24.4 Å². The van der Waals surface area contributed by atoms with Crippen LogP contribution in [0.5, 0.6) is 0 Å². The number of hydrogen-bond donors (Lipinski definition) is 4. The van der Waals surface area contributed by atoms with Crippen molar-refractivity contribution in [2.24, 2.45) is 0 Å². The van der Waals surface area contributed by atoms with E-state index in [1.54, 1.807) is 0 Å². The third-order valence-corrected chi connectivity index (χ3v) is 3.33. The first-order valence-corrected chi connectivity index (χ1v) is 6.42. The van der Waals surface area contributed by atoms with Crippen molar-refractivity contribution in [3.63, 3.8) is 0 Å². The highest BCUT2D eigenvalue weighted by Gasteiger charge is 2.42. The average molecular weight is 248 g/mol. The number of aliphatic hydroxyl groups is 4. The van der Waals surface area contributed by atoms with E-state index < -0.39 is 30.5 Å². The van der Waals surface area contributed by atoms with Gasteiger partial charge in [0.05, 0.1) is 12.7 Å². The van der Waals surface area contributed by atoms with Gasteiger partial charge in [-0.05, 0) is 6.42 Å². The van der Waals surface area contributed by atoms with Gasteiger partial charge in [-0.1, -0.05) is 32.6 Å². The van der Waals surface area contributed by atoms with E-state index in [1.807, 2.05) is 0 Å². The molecule has 4 N–H and O–H groups in total. The zero-order valence-electron chi connectivity index (χ0n) is 10.3. The molecular formula is C12H24O5. The topological polar surface area (TPSA) is 90.2 Å². The lowest BCUT2D eigenvalue weighted by molar-refractivity contribution is -0.230. The first kappa shape index (κ1) is 14.9. The van der Waals surface area contributed by atoms with Gasteiger partial charge in [-0.3, -0.25) is 0 Å². The molecule has 0 aromatic heterocycles. The maximum absolute atomic E-state index is 9.76. The summed E-state index contributed by atoms with van der Waals surface area (Å²) in [5, 5.41) is 37.9. The van der Waals surface area contributed by atoms with Crippen molar-refractivity contribution in [1.82, 2.24) is 0 Å². The zero-order valence-corrected chi connectivity index (χ0v) is 10.3. The molecule has 0 unspecified atom stereocenters. The van der Waals surface area contributed by atoms with Crippen molar-refractivity contribution < 1.29 is 25.2 Å². The molecule has 0 saturated carbocycles. The Labute approximate surface area is 102 Å². The lowest BCUT2D eigenvalue weighted by atomic mass is 9.92. The SMILES string of the molecule is CCCCCC[C@@H]1O[C@H](CO)[C@@H](O)[C@H](O)[C@H]1O. The van der Waals surface area contributed by atoms with Crippen LogP contribution in [-0.4, -0.2) is 57.6 Å². The van der Waals surface area contributed by atoms with Crippen LogP contribution in [0.4, 0.5) is 0 Å². The molecule has 0 spiro atoms. The van der Waals surface area contributed by atoms with Crippen LogP contribution in [0.1, 0.15) is 39.0 Å². The van der Waals surface area contributed by atoms with Crippen LogP contribution in [0, 0.1) is 0 Å². The summed E-state index contributed by atoms with van der Waals surface area (Å²) in [7, 11) is 0. The minimum absolute atomic E-state index is 0.351. The van der Waals surface area contributed by atoms with Crippen molar-refractivity contribution in [2.45, 2.75) is 69.5 Å². The van der Waals surface area contributed by atoms with Crippen LogP contribution in [0.15, 0.2) is 0 Å². The van der Waals surface area contributed by atoms with E-state index in [0.717, 1.165) is 25.7 Å². The summed E-state index contributed by atoms with van der Waals surface area (Å²) in [6.45, 7) is 1.77. The van der Waals surface area contributed by atoms with Crippen LogP contribution in [-0.2, 0) is 4.74 Å². The highest BCUT2D eigenvalue weighted by molar-refractivity contribution is 4.91. The fourth-order valence-electron chi connectivity index (χ4n) is 2.19. The van der Waals surface area contributed by atoms with Gasteiger partial charge in [0.2, 0.25) is 0 Å². The molecule has 0 bridgehead atoms. The van der Waals surface area contributed by atoms with E-state index in [2.05, 4.69) is 6.92 Å². The summed E-state index contributed by atoms with van der Waals surface area (Å²) < 4.78 is 5.40. The Morgan fingerprint density at radius 1 is 0.882 bits per heavy atom. The van der Waals surface area contributed by atoms with Crippen LogP contribution in [0.2, 0.25) is 0 Å². The smallest absolute Gasteiger partial charge is 0.111 e. The minimum Gasteiger partial charge on any atom is -0.394 e. The number of aliphatic hydroxyl groups excluding tert-OH is 4. The molecule has 5 nitrogen and oxygen atoms in total. The second-order valence-electron chi connectivity index (χ2n) is 4.72. The predicted molar refractivity (Wildman–Crippen MR) is 62.5 cm³/mol. The second-order valence-corrected chi connectivity index (χ2v) is 4.72. The van der Waals surface area contributed by atoms with Crippen molar-refractivity contribution in [1.29, 1.82) is 0 Å². The second kappa shape index (κ2) is 7.28. The molecule has 1 saturated heterocycles. The van der Waals surface area contributed by atoms with Crippen LogP contribution >= 0.6 is 0 Å². The van der Waals surface area contributed by atoms with E-state index in [0.29, 0.717) is 6.42 Å². The van der Waals surface area contributed by atoms with Crippen molar-refractivity contribution in [3.8, 4) is 0 Å². The standard InChI is InChI=1S/C12H24O5/c1-2-3-4-5-6-8-10(14)12(16)11(15)9(7-13)17-8/h8-16H,2-7H2,1H3/t8-,9+,10-,11+,12+/m0/s1. The zero-order chi connectivity index (χ0) is 12.8. The van der Waals surface area contributed by atoms with E-state index in [4.69, 9.17) is 9.84 Å². The molecule has 17 heavy (non-hydrogen) atoms. The predicted octanol–water partition coefficient (Wildman–Crippen LogP) is -0.201. The summed E-state index contributed by atoms with van der Waals surface area (Å²) in [5.41, 5.74) is 0. The Morgan fingerprint density at radius 3 is 2.12 bits per heavy atom. The van der Waals surface area contributed by atoms with Crippen molar-refractivity contribution in [3.05, 3.63) is 0 Å². The molecule has 5 atom stereocenters. The quantitative estimate of drug-likeness (QED) is 0.489. The molecule has 0 radical (unpaired) electrons. The molecule has 1 aliphatic rings. The van der Waals surface area contributed by atoms with E-state index in [-0.39, 0.29) is 6.61 Å². The van der Waals surface area contributed by atoms with Gasteiger partial charge in [0, 0.05) is 0 Å². The van der Waals surface area contributed by atoms with Crippen LogP contribution < -0.4 is 0 Å². The van der Waals surface area contributed by atoms with Gasteiger partial charge in [-0.2, -0.15) is 0 Å². The molecule has 1 rings (SSSR count). The molecule has 102 valence electrons. The van der Waals surface area contributed by atoms with E-state index in [9.17, 15) is 15.3 Å². The molecule has 5 heteroatoms. The largest absolute Gasteiger partial charge is 0.394 e. The summed E-state index contributed by atoms with van der Waals surface area (Å²) in [5.74, 6) is 0. The lowest BCUT2D eigenvalue weighted by Gasteiger charge is -2.40. The maximum Gasteiger partial charge on any atom is 0.111 e. The third kappa shape index (κ3) is 3.89. The molecule has 1 fully saturated rings. The van der Waals surface area contributed by atoms with Gasteiger partial charge in [0.25, 0.3) is 0 Å². The Balaban J connectivity index is 2.42. The lowest BCUT2D eigenvalue weighted by Crippen LogP contribution is -2.58. The first-order chi connectivity index (χ1) is 8.11. The Bertz CT molecular complexity index is 209. The van der Waals surface area contributed by atoms with Gasteiger partial charge in [-0.25, -0.2) is 0 Å². The monoisotopic (exact) mass is 248 g/mol. The van der Waals surface area contributed by atoms with Crippen LogP contribution in [0.3, 0.4) is 0 Å². The summed E-state index contributed by atoms with van der Waals surface area (Å²) >= 11 is 0. The molecular weight excluding hydrogens is 224 g/mol. The maximum atomic E-state index is 9.76. The van der Waals surface area contributed by atoms with Gasteiger partial charge in [-0.15, -0.1) is 0 Å². The highest BCUT2D eigenvalue weighted by Crippen LogP contribution is 2.24. The van der Waals surface area contributed by atoms with Gasteiger partial charge >= 0.3 is 0 Å². The Morgan fingerprint density at radius 2 is 1.53 bits per heavy atom. The molecule has 0 amide bonds. The third-order valence-electron chi connectivity index (χ3n) is 3.33. The molecule has 0 aliphatic carbocycles. The number of hydrogen-bond acceptors (Lipinski definition) is 5. The summed E-state index contributed by atoms with van der Waals surface area (Å²) in [6, 6.07) is 0. The number of unbranched alkanes of at least 4 members (excludes halogenated alkanes) is 3. The molecule has 0 aromatic rings. The van der Waals surface area contributed by atoms with Gasteiger partial charge in [0.15, 0.2) is 0 Å². The highest BCUT2D eigenvalue weighted by atomic mass is 16.5. The number of rotatable bonds is 6. The Hall–Kier alpha value is -0.200. The van der Waals surface area contributed by atoms with Crippen molar-refractivity contribution in [2.75, 3.05) is 6.61 Å². The van der Waals surface area contributed by atoms with Crippen molar-refractivity contribution >= 4 is 0 Å². The molecule has 0 aromatic carbocycles. The summed E-state index contributed by atoms with van der Waals surface area (Å²) in [6.07, 6.45) is 0.0515. The van der Waals surface area contributed by atoms with E-state index in [1.165, 1.54) is 0 Å². The van der Waals surface area contributed by atoms with Crippen LogP contribution in [0.25, 0.3) is 0 Å². The molecule has 1 aliphatic heterocycles. The first-order valence-electron chi connectivity index (χ1n) is 6.42. The fourth-order valence-corrected chi connectivity index (χ4v) is 2.19. The fraction of sp³-hybridized carbons (Fsp3) is 1.00. The Kier molecular flexibility index (Phi) is 6.37. The summed E-state index contributed by atoms with van der Waals surface area (Å²) in [4.78, 5) is 0. The number of ether oxygens (including phenoxy) is 1.